The Morgan fingerprint density at radius 2 is 1.59 bits per heavy atom. The number of carbonyl (C=O) groups is 1. The monoisotopic (exact) mass is 705 g/mol. The molecule has 3 nitrogen and oxygen atoms in total. The van der Waals surface area contributed by atoms with E-state index in [2.05, 4.69) is 81.6 Å². The molecule has 0 bridgehead atoms. The second-order valence-corrected chi connectivity index (χ2v) is 11.6. The van der Waals surface area contributed by atoms with Gasteiger partial charge in [-0.15, -0.1) is 0 Å². The number of hydrogen-bond acceptors (Lipinski definition) is 4. The zero-order chi connectivity index (χ0) is 23.7. The first-order valence-electron chi connectivity index (χ1n) is 10.4. The van der Waals surface area contributed by atoms with Gasteiger partial charge >= 0.3 is 0 Å². The molecule has 0 radical (unpaired) electrons. The number of thioether (sulfide) groups is 1. The van der Waals surface area contributed by atoms with Crippen molar-refractivity contribution in [1.29, 1.82) is 0 Å². The zero-order valence-electron chi connectivity index (χ0n) is 17.7. The molecule has 1 heterocycles. The summed E-state index contributed by atoms with van der Waals surface area (Å²) in [5.74, 6) is 0.755. The Labute approximate surface area is 234 Å². The maximum absolute atomic E-state index is 13.0. The van der Waals surface area contributed by atoms with Gasteiger partial charge in [0.25, 0.3) is 5.91 Å². The molecule has 4 aromatic rings. The lowest BCUT2D eigenvalue weighted by Crippen LogP contribution is -2.27. The molecular formula is C27H17I2NO2S2. The summed E-state index contributed by atoms with van der Waals surface area (Å²) in [6, 6.07) is 28.2. The van der Waals surface area contributed by atoms with E-state index in [4.69, 9.17) is 17.0 Å². The van der Waals surface area contributed by atoms with Gasteiger partial charge in [0.1, 0.15) is 12.4 Å². The minimum absolute atomic E-state index is 0.0949. The summed E-state index contributed by atoms with van der Waals surface area (Å²) in [5, 5.41) is 2.41. The molecule has 1 aliphatic heterocycles. The number of amides is 1. The number of para-hydroxylation sites is 1. The fourth-order valence-corrected chi connectivity index (χ4v) is 7.21. The Morgan fingerprint density at radius 1 is 0.912 bits per heavy atom. The van der Waals surface area contributed by atoms with Crippen LogP contribution in [0.15, 0.2) is 89.8 Å². The Hall–Kier alpha value is -1.95. The molecule has 0 unspecified atom stereocenters. The third kappa shape index (κ3) is 4.89. The van der Waals surface area contributed by atoms with Crippen molar-refractivity contribution in [2.75, 3.05) is 4.90 Å². The van der Waals surface area contributed by atoms with E-state index in [1.54, 1.807) is 4.90 Å². The highest BCUT2D eigenvalue weighted by Gasteiger charge is 2.33. The number of fused-ring (bicyclic) bond motifs is 1. The second-order valence-electron chi connectivity index (χ2n) is 7.59. The van der Waals surface area contributed by atoms with Crippen molar-refractivity contribution >= 4 is 102 Å². The van der Waals surface area contributed by atoms with E-state index in [9.17, 15) is 4.79 Å². The first kappa shape index (κ1) is 23.8. The number of thiocarbonyl (C=S) groups is 1. The van der Waals surface area contributed by atoms with Crippen molar-refractivity contribution < 1.29 is 9.53 Å². The maximum atomic E-state index is 13.0. The number of hydrogen-bond donors (Lipinski definition) is 0. The molecule has 1 saturated heterocycles. The van der Waals surface area contributed by atoms with Crippen molar-refractivity contribution in [3.63, 3.8) is 0 Å². The lowest BCUT2D eigenvalue weighted by atomic mass is 10.1. The lowest BCUT2D eigenvalue weighted by molar-refractivity contribution is -0.113. The Morgan fingerprint density at radius 3 is 2.35 bits per heavy atom. The molecule has 1 aliphatic rings. The molecule has 1 amide bonds. The predicted molar refractivity (Wildman–Crippen MR) is 162 cm³/mol. The van der Waals surface area contributed by atoms with Gasteiger partial charge in [-0.2, -0.15) is 0 Å². The zero-order valence-corrected chi connectivity index (χ0v) is 23.7. The van der Waals surface area contributed by atoms with E-state index < -0.39 is 0 Å². The average Bonchev–Trinajstić information content (AvgIpc) is 3.11. The van der Waals surface area contributed by atoms with E-state index in [0.717, 1.165) is 29.7 Å². The van der Waals surface area contributed by atoms with Gasteiger partial charge in [-0.05, 0) is 97.4 Å². The number of halogens is 2. The molecule has 7 heteroatoms. The van der Waals surface area contributed by atoms with E-state index in [1.165, 1.54) is 22.5 Å². The van der Waals surface area contributed by atoms with Crippen LogP contribution in [-0.4, -0.2) is 10.2 Å². The van der Waals surface area contributed by atoms with Crippen molar-refractivity contribution in [3.8, 4) is 5.75 Å². The minimum Gasteiger partial charge on any atom is -0.487 e. The van der Waals surface area contributed by atoms with E-state index in [-0.39, 0.29) is 5.91 Å². The number of rotatable bonds is 5. The molecule has 4 aromatic carbocycles. The minimum atomic E-state index is -0.0949. The molecule has 0 spiro atoms. The van der Waals surface area contributed by atoms with Gasteiger partial charge in [0.05, 0.1) is 17.7 Å². The molecule has 0 atom stereocenters. The molecule has 1 fully saturated rings. The van der Waals surface area contributed by atoms with Crippen molar-refractivity contribution in [2.24, 2.45) is 0 Å². The van der Waals surface area contributed by atoms with Gasteiger partial charge < -0.3 is 4.74 Å². The van der Waals surface area contributed by atoms with Crippen LogP contribution >= 0.6 is 69.2 Å². The fourth-order valence-electron chi connectivity index (χ4n) is 3.79. The van der Waals surface area contributed by atoms with Gasteiger partial charge in [-0.1, -0.05) is 84.6 Å². The summed E-state index contributed by atoms with van der Waals surface area (Å²) in [6.45, 7) is 0.489. The van der Waals surface area contributed by atoms with Crippen molar-refractivity contribution in [1.82, 2.24) is 0 Å². The second kappa shape index (κ2) is 10.3. The first-order valence-corrected chi connectivity index (χ1v) is 13.8. The highest BCUT2D eigenvalue weighted by molar-refractivity contribution is 14.1. The van der Waals surface area contributed by atoms with E-state index >= 15 is 0 Å². The molecular weight excluding hydrogens is 688 g/mol. The average molecular weight is 705 g/mol. The number of benzene rings is 4. The molecule has 0 saturated carbocycles. The van der Waals surface area contributed by atoms with Crippen LogP contribution in [-0.2, 0) is 11.4 Å². The largest absolute Gasteiger partial charge is 0.487 e. The summed E-state index contributed by atoms with van der Waals surface area (Å²) in [5.41, 5.74) is 2.88. The third-order valence-electron chi connectivity index (χ3n) is 5.38. The normalized spacial score (nSPS) is 14.9. The van der Waals surface area contributed by atoms with Crippen LogP contribution in [0.3, 0.4) is 0 Å². The summed E-state index contributed by atoms with van der Waals surface area (Å²) >= 11 is 11.4. The summed E-state index contributed by atoms with van der Waals surface area (Å²) < 4.78 is 8.80. The van der Waals surface area contributed by atoms with Gasteiger partial charge in [-0.3, -0.25) is 9.69 Å². The van der Waals surface area contributed by atoms with Gasteiger partial charge in [-0.25, -0.2) is 0 Å². The molecule has 0 aliphatic carbocycles. The molecule has 0 N–H and O–H groups in total. The summed E-state index contributed by atoms with van der Waals surface area (Å²) in [4.78, 5) is 15.2. The fraction of sp³-hybridized carbons (Fsp3) is 0.0370. The van der Waals surface area contributed by atoms with Crippen LogP contribution in [0.2, 0.25) is 0 Å². The SMILES string of the molecule is O=C1/C(=C\c2cc(I)c(OCc3cccc4ccccc34)c(I)c2)SC(=S)N1c1ccccc1. The van der Waals surface area contributed by atoms with Crippen molar-refractivity contribution in [2.45, 2.75) is 6.61 Å². The van der Waals surface area contributed by atoms with E-state index in [1.807, 2.05) is 54.6 Å². The van der Waals surface area contributed by atoms with Crippen LogP contribution in [0.4, 0.5) is 5.69 Å². The lowest BCUT2D eigenvalue weighted by Gasteiger charge is -2.14. The highest BCUT2D eigenvalue weighted by atomic mass is 127. The molecule has 34 heavy (non-hydrogen) atoms. The Kier molecular flexibility index (Phi) is 7.24. The Balaban J connectivity index is 1.38. The summed E-state index contributed by atoms with van der Waals surface area (Å²) in [6.07, 6.45) is 1.90. The number of carbonyl (C=O) groups excluding carboxylic acids is 1. The van der Waals surface area contributed by atoms with Crippen LogP contribution < -0.4 is 9.64 Å². The van der Waals surface area contributed by atoms with Crippen molar-refractivity contribution in [3.05, 3.63) is 108 Å². The molecule has 0 aromatic heterocycles. The number of ether oxygens (including phenoxy) is 1. The first-order chi connectivity index (χ1) is 16.5. The highest BCUT2D eigenvalue weighted by Crippen LogP contribution is 2.37. The van der Waals surface area contributed by atoms with Gasteiger partial charge in [0, 0.05) is 0 Å². The molecule has 5 rings (SSSR count). The Bertz CT molecular complexity index is 1430. The van der Waals surface area contributed by atoms with Crippen LogP contribution in [0.5, 0.6) is 5.75 Å². The van der Waals surface area contributed by atoms with Crippen LogP contribution in [0.1, 0.15) is 11.1 Å². The van der Waals surface area contributed by atoms with Crippen LogP contribution in [0, 0.1) is 7.14 Å². The topological polar surface area (TPSA) is 29.5 Å². The number of nitrogens with zero attached hydrogens (tertiary/aromatic N) is 1. The van der Waals surface area contributed by atoms with E-state index in [0.29, 0.717) is 15.8 Å². The predicted octanol–water partition coefficient (Wildman–Crippen LogP) is 8.03. The third-order valence-corrected chi connectivity index (χ3v) is 8.28. The van der Waals surface area contributed by atoms with Gasteiger partial charge in [0.2, 0.25) is 0 Å². The standard InChI is InChI=1S/C27H17I2NO2S2/c28-22-13-17(15-24-26(31)30(27(33)34-24)20-10-2-1-3-11-20)14-23(29)25(22)32-16-19-9-6-8-18-7-4-5-12-21(18)19/h1-15H,16H2/b24-15+. The number of anilines is 1. The quantitative estimate of drug-likeness (QED) is 0.120. The van der Waals surface area contributed by atoms with Crippen LogP contribution in [0.25, 0.3) is 16.8 Å². The maximum Gasteiger partial charge on any atom is 0.270 e. The van der Waals surface area contributed by atoms with Gasteiger partial charge in [0.15, 0.2) is 4.32 Å². The molecule has 168 valence electrons. The summed E-state index contributed by atoms with van der Waals surface area (Å²) in [7, 11) is 0. The smallest absolute Gasteiger partial charge is 0.270 e.